The van der Waals surface area contributed by atoms with E-state index in [2.05, 4.69) is 0 Å². The quantitative estimate of drug-likeness (QED) is 0.605. The number of esters is 1. The van der Waals surface area contributed by atoms with E-state index in [9.17, 15) is 9.59 Å². The Morgan fingerprint density at radius 2 is 1.93 bits per heavy atom. The van der Waals surface area contributed by atoms with E-state index in [1.165, 1.54) is 0 Å². The summed E-state index contributed by atoms with van der Waals surface area (Å²) >= 11 is 0. The Balaban J connectivity index is 2.53. The van der Waals surface area contributed by atoms with Gasteiger partial charge in [-0.2, -0.15) is 0 Å². The van der Waals surface area contributed by atoms with Crippen LogP contribution in [-0.4, -0.2) is 17.0 Å². The summed E-state index contributed by atoms with van der Waals surface area (Å²) in [7, 11) is 0. The lowest BCUT2D eigenvalue weighted by atomic mass is 10.1. The molecule has 4 heteroatoms. The maximum absolute atomic E-state index is 11.0. The maximum atomic E-state index is 11.0. The lowest BCUT2D eigenvalue weighted by molar-refractivity contribution is -0.154. The highest BCUT2D eigenvalue weighted by Crippen LogP contribution is 2.16. The molecule has 0 aliphatic carbocycles. The topological polar surface area (TPSA) is 63.6 Å². The van der Waals surface area contributed by atoms with Gasteiger partial charge in [-0.25, -0.2) is 0 Å². The molecule has 1 rings (SSSR count). The van der Waals surface area contributed by atoms with Crippen molar-refractivity contribution >= 4 is 11.9 Å². The number of hydrogen-bond donors (Lipinski definition) is 1. The van der Waals surface area contributed by atoms with Crippen molar-refractivity contribution in [3.8, 4) is 0 Å². The van der Waals surface area contributed by atoms with Gasteiger partial charge in [0.25, 0.3) is 0 Å². The van der Waals surface area contributed by atoms with Gasteiger partial charge in [0.2, 0.25) is 0 Å². The van der Waals surface area contributed by atoms with E-state index >= 15 is 0 Å². The summed E-state index contributed by atoms with van der Waals surface area (Å²) in [5, 5.41) is 8.37. The molecule has 0 spiro atoms. The van der Waals surface area contributed by atoms with Crippen molar-refractivity contribution < 1.29 is 19.4 Å². The molecule has 4 nitrogen and oxygen atoms in total. The number of carbonyl (C=O) groups is 2. The monoisotopic (exact) mass is 208 g/mol. The van der Waals surface area contributed by atoms with Crippen LogP contribution in [0.3, 0.4) is 0 Å². The van der Waals surface area contributed by atoms with Crippen molar-refractivity contribution in [3.05, 3.63) is 35.9 Å². The first-order chi connectivity index (χ1) is 7.09. The van der Waals surface area contributed by atoms with E-state index in [4.69, 9.17) is 9.84 Å². The van der Waals surface area contributed by atoms with Crippen molar-refractivity contribution in [2.45, 2.75) is 19.4 Å². The second kappa shape index (κ2) is 5.14. The Labute approximate surface area is 87.5 Å². The van der Waals surface area contributed by atoms with Crippen LogP contribution in [0.1, 0.15) is 25.0 Å². The molecule has 0 bridgehead atoms. The van der Waals surface area contributed by atoms with Crippen molar-refractivity contribution in [2.24, 2.45) is 0 Å². The fourth-order valence-electron chi connectivity index (χ4n) is 1.15. The van der Waals surface area contributed by atoms with Crippen LogP contribution in [0.2, 0.25) is 0 Å². The zero-order valence-corrected chi connectivity index (χ0v) is 8.34. The van der Waals surface area contributed by atoms with Gasteiger partial charge >= 0.3 is 11.9 Å². The number of ether oxygens (including phenoxy) is 1. The van der Waals surface area contributed by atoms with Crippen LogP contribution in [0.4, 0.5) is 0 Å². The molecule has 0 fully saturated rings. The molecule has 1 atom stereocenters. The molecule has 0 amide bonds. The molecule has 0 saturated carbocycles. The van der Waals surface area contributed by atoms with Crippen molar-refractivity contribution in [3.63, 3.8) is 0 Å². The second-order valence-corrected chi connectivity index (χ2v) is 3.11. The summed E-state index contributed by atoms with van der Waals surface area (Å²) < 4.78 is 4.93. The van der Waals surface area contributed by atoms with Gasteiger partial charge in [0.15, 0.2) is 0 Å². The molecular weight excluding hydrogens is 196 g/mol. The molecule has 0 saturated heterocycles. The van der Waals surface area contributed by atoms with Crippen molar-refractivity contribution in [2.75, 3.05) is 0 Å². The van der Waals surface area contributed by atoms with Gasteiger partial charge in [0, 0.05) is 0 Å². The highest BCUT2D eigenvalue weighted by molar-refractivity contribution is 5.90. The van der Waals surface area contributed by atoms with Crippen LogP contribution in [0, 0.1) is 0 Å². The number of benzene rings is 1. The summed E-state index contributed by atoms with van der Waals surface area (Å²) in [6.07, 6.45) is -1.02. The smallest absolute Gasteiger partial charge is 0.317 e. The van der Waals surface area contributed by atoms with Gasteiger partial charge in [-0.1, -0.05) is 30.3 Å². The van der Waals surface area contributed by atoms with E-state index in [1.54, 1.807) is 6.92 Å². The lowest BCUT2D eigenvalue weighted by Crippen LogP contribution is -2.12. The number of carboxylic acid groups (broad SMARTS) is 1. The molecular formula is C11H12O4. The fraction of sp³-hybridized carbons (Fsp3) is 0.273. The van der Waals surface area contributed by atoms with Gasteiger partial charge in [0.1, 0.15) is 12.5 Å². The molecule has 15 heavy (non-hydrogen) atoms. The van der Waals surface area contributed by atoms with Crippen LogP contribution in [0.25, 0.3) is 0 Å². The number of rotatable bonds is 4. The van der Waals surface area contributed by atoms with Gasteiger partial charge < -0.3 is 9.84 Å². The first-order valence-corrected chi connectivity index (χ1v) is 4.56. The first-order valence-electron chi connectivity index (χ1n) is 4.56. The Kier molecular flexibility index (Phi) is 3.85. The molecule has 80 valence electrons. The van der Waals surface area contributed by atoms with E-state index in [0.29, 0.717) is 0 Å². The van der Waals surface area contributed by atoms with Gasteiger partial charge in [-0.05, 0) is 12.5 Å². The maximum Gasteiger partial charge on any atom is 0.317 e. The average Bonchev–Trinajstić information content (AvgIpc) is 2.17. The molecule has 0 heterocycles. The number of carboxylic acids is 1. The Bertz CT molecular complexity index is 345. The number of carbonyl (C=O) groups excluding carboxylic acids is 1. The minimum absolute atomic E-state index is 0.418. The third kappa shape index (κ3) is 3.81. The zero-order chi connectivity index (χ0) is 11.3. The highest BCUT2D eigenvalue weighted by Gasteiger charge is 2.13. The van der Waals surface area contributed by atoms with Crippen LogP contribution in [-0.2, 0) is 14.3 Å². The fourth-order valence-corrected chi connectivity index (χ4v) is 1.15. The molecule has 1 aromatic rings. The summed E-state index contributed by atoms with van der Waals surface area (Å²) in [5.74, 6) is -1.90. The summed E-state index contributed by atoms with van der Waals surface area (Å²) in [6, 6.07) is 9.15. The SMILES string of the molecule is CC(OC(=O)CC(=O)O)c1ccccc1. The molecule has 0 aliphatic heterocycles. The molecule has 0 radical (unpaired) electrons. The van der Waals surface area contributed by atoms with Crippen molar-refractivity contribution in [1.82, 2.24) is 0 Å². The van der Waals surface area contributed by atoms with Gasteiger partial charge in [-0.3, -0.25) is 9.59 Å². The van der Waals surface area contributed by atoms with E-state index in [1.807, 2.05) is 30.3 Å². The van der Waals surface area contributed by atoms with E-state index in [-0.39, 0.29) is 0 Å². The summed E-state index contributed by atoms with van der Waals surface area (Å²) in [4.78, 5) is 21.3. The standard InChI is InChI=1S/C11H12O4/c1-8(9-5-3-2-4-6-9)15-11(14)7-10(12)13/h2-6,8H,7H2,1H3,(H,12,13). The minimum Gasteiger partial charge on any atom is -0.481 e. The Hall–Kier alpha value is -1.84. The predicted octanol–water partition coefficient (Wildman–Crippen LogP) is 1.77. The highest BCUT2D eigenvalue weighted by atomic mass is 16.5. The Morgan fingerprint density at radius 3 is 2.47 bits per heavy atom. The third-order valence-corrected chi connectivity index (χ3v) is 1.87. The predicted molar refractivity (Wildman–Crippen MR) is 53.2 cm³/mol. The van der Waals surface area contributed by atoms with Crippen LogP contribution in [0.5, 0.6) is 0 Å². The number of hydrogen-bond acceptors (Lipinski definition) is 3. The zero-order valence-electron chi connectivity index (χ0n) is 8.34. The van der Waals surface area contributed by atoms with Crippen LogP contribution < -0.4 is 0 Å². The second-order valence-electron chi connectivity index (χ2n) is 3.11. The Morgan fingerprint density at radius 1 is 1.33 bits per heavy atom. The lowest BCUT2D eigenvalue weighted by Gasteiger charge is -2.12. The molecule has 1 N–H and O–H groups in total. The van der Waals surface area contributed by atoms with Gasteiger partial charge in [0.05, 0.1) is 0 Å². The van der Waals surface area contributed by atoms with Crippen LogP contribution in [0.15, 0.2) is 30.3 Å². The van der Waals surface area contributed by atoms with E-state index in [0.717, 1.165) is 5.56 Å². The average molecular weight is 208 g/mol. The van der Waals surface area contributed by atoms with E-state index < -0.39 is 24.5 Å². The summed E-state index contributed by atoms with van der Waals surface area (Å²) in [6.45, 7) is 1.70. The third-order valence-electron chi connectivity index (χ3n) is 1.87. The number of aliphatic carboxylic acids is 1. The largest absolute Gasteiger partial charge is 0.481 e. The normalized spacial score (nSPS) is 11.8. The van der Waals surface area contributed by atoms with Crippen molar-refractivity contribution in [1.29, 1.82) is 0 Å². The first kappa shape index (κ1) is 11.2. The minimum atomic E-state index is -1.18. The summed E-state index contributed by atoms with van der Waals surface area (Å²) in [5.41, 5.74) is 0.844. The van der Waals surface area contributed by atoms with Gasteiger partial charge in [-0.15, -0.1) is 0 Å². The molecule has 0 aromatic heterocycles. The van der Waals surface area contributed by atoms with Crippen LogP contribution >= 0.6 is 0 Å². The molecule has 0 aliphatic rings. The molecule has 1 aromatic carbocycles. The molecule has 1 unspecified atom stereocenters.